The van der Waals surface area contributed by atoms with E-state index in [0.717, 1.165) is 19.6 Å². The van der Waals surface area contributed by atoms with Gasteiger partial charge in [-0.05, 0) is 29.0 Å². The van der Waals surface area contributed by atoms with E-state index in [4.69, 9.17) is 17.3 Å². The highest BCUT2D eigenvalue weighted by Crippen LogP contribution is 2.22. The third-order valence-corrected chi connectivity index (χ3v) is 3.41. The van der Waals surface area contributed by atoms with Crippen LogP contribution >= 0.6 is 0 Å². The second kappa shape index (κ2) is 8.31. The molecular weight excluding hydrogens is 235 g/mol. The van der Waals surface area contributed by atoms with Crippen LogP contribution in [0, 0.1) is 16.7 Å². The van der Waals surface area contributed by atoms with Gasteiger partial charge in [-0.15, -0.1) is 0 Å². The standard InChI is InChI=1S/C16H33BO2/c1-8-16(6,7)12-19-10-14(17)13(2)9-18-11-15(3,4)5/h13-14H,8-12H2,1-7H3. The zero-order chi connectivity index (χ0) is 15.1. The molecule has 3 heteroatoms. The van der Waals surface area contributed by atoms with Gasteiger partial charge in [-0.1, -0.05) is 48.5 Å². The van der Waals surface area contributed by atoms with Crippen molar-refractivity contribution in [2.45, 2.75) is 60.7 Å². The molecule has 0 spiro atoms. The first-order valence-corrected chi connectivity index (χ1v) is 7.48. The fraction of sp³-hybridized carbons (Fsp3) is 1.00. The van der Waals surface area contributed by atoms with Crippen LogP contribution in [0.25, 0.3) is 0 Å². The smallest absolute Gasteiger partial charge is 0.0735 e. The van der Waals surface area contributed by atoms with E-state index in [9.17, 15) is 0 Å². The zero-order valence-corrected chi connectivity index (χ0v) is 14.1. The molecule has 0 fully saturated rings. The zero-order valence-electron chi connectivity index (χ0n) is 14.1. The van der Waals surface area contributed by atoms with Crippen molar-refractivity contribution in [1.29, 1.82) is 0 Å². The van der Waals surface area contributed by atoms with Gasteiger partial charge in [0, 0.05) is 13.2 Å². The molecule has 0 rings (SSSR count). The third kappa shape index (κ3) is 10.4. The Morgan fingerprint density at radius 3 is 1.95 bits per heavy atom. The van der Waals surface area contributed by atoms with Crippen molar-refractivity contribution in [2.24, 2.45) is 16.7 Å². The molecule has 2 unspecified atom stereocenters. The Labute approximate surface area is 122 Å². The molecule has 0 aliphatic rings. The van der Waals surface area contributed by atoms with E-state index in [1.54, 1.807) is 0 Å². The van der Waals surface area contributed by atoms with Gasteiger partial charge in [0.05, 0.1) is 21.1 Å². The van der Waals surface area contributed by atoms with Crippen LogP contribution in [0.1, 0.15) is 54.9 Å². The lowest BCUT2D eigenvalue weighted by molar-refractivity contribution is 0.0261. The summed E-state index contributed by atoms with van der Waals surface area (Å²) in [6, 6.07) is 0. The first-order chi connectivity index (χ1) is 8.57. The molecule has 0 heterocycles. The Morgan fingerprint density at radius 1 is 0.947 bits per heavy atom. The van der Waals surface area contributed by atoms with Crippen molar-refractivity contribution in [3.05, 3.63) is 0 Å². The number of hydrogen-bond acceptors (Lipinski definition) is 2. The Kier molecular flexibility index (Phi) is 8.30. The van der Waals surface area contributed by atoms with Gasteiger partial charge < -0.3 is 9.47 Å². The van der Waals surface area contributed by atoms with E-state index in [1.807, 2.05) is 0 Å². The van der Waals surface area contributed by atoms with Gasteiger partial charge in [-0.3, -0.25) is 0 Å². The molecular formula is C16H33BO2. The Balaban J connectivity index is 3.79. The van der Waals surface area contributed by atoms with Crippen molar-refractivity contribution in [2.75, 3.05) is 26.4 Å². The predicted octanol–water partition coefficient (Wildman–Crippen LogP) is 4.10. The van der Waals surface area contributed by atoms with Crippen molar-refractivity contribution in [3.63, 3.8) is 0 Å². The molecule has 2 nitrogen and oxygen atoms in total. The molecule has 0 N–H and O–H groups in total. The first-order valence-electron chi connectivity index (χ1n) is 7.48. The van der Waals surface area contributed by atoms with E-state index in [-0.39, 0.29) is 16.6 Å². The van der Waals surface area contributed by atoms with Crippen LogP contribution in [-0.4, -0.2) is 34.3 Å². The average molecular weight is 268 g/mol. The van der Waals surface area contributed by atoms with Crippen molar-refractivity contribution < 1.29 is 9.47 Å². The lowest BCUT2D eigenvalue weighted by atomic mass is 9.78. The molecule has 0 saturated heterocycles. The van der Waals surface area contributed by atoms with Gasteiger partial charge in [0.15, 0.2) is 0 Å². The van der Waals surface area contributed by atoms with Crippen molar-refractivity contribution in [3.8, 4) is 0 Å². The summed E-state index contributed by atoms with van der Waals surface area (Å²) in [5.74, 6) is 0.375. The summed E-state index contributed by atoms with van der Waals surface area (Å²) in [6.07, 6.45) is 1.12. The second-order valence-corrected chi connectivity index (χ2v) is 7.75. The molecule has 2 atom stereocenters. The Morgan fingerprint density at radius 2 is 1.47 bits per heavy atom. The maximum absolute atomic E-state index is 6.13. The van der Waals surface area contributed by atoms with Gasteiger partial charge in [-0.2, -0.15) is 0 Å². The normalized spacial score (nSPS) is 16.4. The summed E-state index contributed by atoms with van der Waals surface area (Å²) in [6.45, 7) is 18.1. The van der Waals surface area contributed by atoms with Crippen molar-refractivity contribution in [1.82, 2.24) is 0 Å². The molecule has 112 valence electrons. The average Bonchev–Trinajstić information content (AvgIpc) is 2.26. The van der Waals surface area contributed by atoms with Crippen LogP contribution < -0.4 is 0 Å². The van der Waals surface area contributed by atoms with Gasteiger partial charge in [0.2, 0.25) is 0 Å². The maximum atomic E-state index is 6.13. The fourth-order valence-electron chi connectivity index (χ4n) is 1.41. The summed E-state index contributed by atoms with van der Waals surface area (Å²) in [4.78, 5) is 0. The van der Waals surface area contributed by atoms with E-state index in [2.05, 4.69) is 48.5 Å². The van der Waals surface area contributed by atoms with Gasteiger partial charge in [0.1, 0.15) is 0 Å². The molecule has 0 aromatic heterocycles. The highest BCUT2D eigenvalue weighted by molar-refractivity contribution is 6.11. The van der Waals surface area contributed by atoms with Crippen molar-refractivity contribution >= 4 is 7.85 Å². The quantitative estimate of drug-likeness (QED) is 0.586. The fourth-order valence-corrected chi connectivity index (χ4v) is 1.41. The minimum absolute atomic E-state index is 0.0487. The minimum atomic E-state index is 0.0487. The Bertz CT molecular complexity index is 233. The van der Waals surface area contributed by atoms with Gasteiger partial charge >= 0.3 is 0 Å². The van der Waals surface area contributed by atoms with Gasteiger partial charge in [-0.25, -0.2) is 0 Å². The molecule has 0 aliphatic carbocycles. The summed E-state index contributed by atoms with van der Waals surface area (Å²) in [7, 11) is 6.13. The molecule has 0 bridgehead atoms. The lowest BCUT2D eigenvalue weighted by Gasteiger charge is -2.26. The van der Waals surface area contributed by atoms with Crippen LogP contribution in [0.2, 0.25) is 5.82 Å². The summed E-state index contributed by atoms with van der Waals surface area (Å²) in [5.41, 5.74) is 0.456. The van der Waals surface area contributed by atoms with Crippen LogP contribution in [0.4, 0.5) is 0 Å². The first kappa shape index (κ1) is 19.0. The number of hydrogen-bond donors (Lipinski definition) is 0. The van der Waals surface area contributed by atoms with E-state index < -0.39 is 0 Å². The SMILES string of the molecule is [B]C(COCC(C)(C)CC)C(C)COCC(C)(C)C. The highest BCUT2D eigenvalue weighted by Gasteiger charge is 2.18. The second-order valence-electron chi connectivity index (χ2n) is 7.75. The highest BCUT2D eigenvalue weighted by atomic mass is 16.5. The predicted molar refractivity (Wildman–Crippen MR) is 83.8 cm³/mol. The van der Waals surface area contributed by atoms with Crippen LogP contribution in [0.15, 0.2) is 0 Å². The molecule has 2 radical (unpaired) electrons. The Hall–Kier alpha value is -0.0151. The summed E-state index contributed by atoms with van der Waals surface area (Å²) in [5, 5.41) is 0. The van der Waals surface area contributed by atoms with E-state index >= 15 is 0 Å². The molecule has 0 saturated carbocycles. The topological polar surface area (TPSA) is 18.5 Å². The van der Waals surface area contributed by atoms with Crippen LogP contribution in [-0.2, 0) is 9.47 Å². The molecule has 0 aromatic carbocycles. The summed E-state index contributed by atoms with van der Waals surface area (Å²) < 4.78 is 11.5. The lowest BCUT2D eigenvalue weighted by Crippen LogP contribution is -2.24. The molecule has 0 amide bonds. The molecule has 0 aliphatic heterocycles. The maximum Gasteiger partial charge on any atom is 0.0735 e. The summed E-state index contributed by atoms with van der Waals surface area (Å²) >= 11 is 0. The van der Waals surface area contributed by atoms with Crippen LogP contribution in [0.3, 0.4) is 0 Å². The monoisotopic (exact) mass is 268 g/mol. The largest absolute Gasteiger partial charge is 0.381 e. The van der Waals surface area contributed by atoms with E-state index in [1.165, 1.54) is 0 Å². The molecule has 0 aromatic rings. The number of ether oxygens (including phenoxy) is 2. The third-order valence-electron chi connectivity index (χ3n) is 3.41. The number of rotatable bonds is 9. The molecule has 19 heavy (non-hydrogen) atoms. The van der Waals surface area contributed by atoms with Crippen LogP contribution in [0.5, 0.6) is 0 Å². The van der Waals surface area contributed by atoms with E-state index in [0.29, 0.717) is 19.1 Å². The van der Waals surface area contributed by atoms with Gasteiger partial charge in [0.25, 0.3) is 0 Å². The minimum Gasteiger partial charge on any atom is -0.381 e.